The van der Waals surface area contributed by atoms with Crippen molar-refractivity contribution in [2.75, 3.05) is 5.75 Å². The Bertz CT molecular complexity index is 323. The number of hydrogen-bond donors (Lipinski definition) is 1. The minimum atomic E-state index is -0.770. The molecule has 0 aliphatic heterocycles. The number of carboxylic acid groups (broad SMARTS) is 1. The molecule has 0 bridgehead atoms. The van der Waals surface area contributed by atoms with Crippen LogP contribution in [0.25, 0.3) is 0 Å². The lowest BCUT2D eigenvalue weighted by Gasteiger charge is -1.98. The van der Waals surface area contributed by atoms with E-state index in [-0.39, 0.29) is 5.75 Å². The van der Waals surface area contributed by atoms with E-state index < -0.39 is 5.97 Å². The Kier molecular flexibility index (Phi) is 4.00. The van der Waals surface area contributed by atoms with Gasteiger partial charge in [-0.2, -0.15) is 5.10 Å². The highest BCUT2D eigenvalue weighted by molar-refractivity contribution is 7.99. The maximum absolute atomic E-state index is 10.3. The second kappa shape index (κ2) is 5.05. The average Bonchev–Trinajstić information content (AvgIpc) is 2.47. The highest BCUT2D eigenvalue weighted by atomic mass is 32.2. The summed E-state index contributed by atoms with van der Waals surface area (Å²) >= 11 is 1.39. The van der Waals surface area contributed by atoms with E-state index in [0.717, 1.165) is 17.8 Å². The fourth-order valence-corrected chi connectivity index (χ4v) is 1.88. The molecule has 14 heavy (non-hydrogen) atoms. The van der Waals surface area contributed by atoms with Crippen molar-refractivity contribution < 1.29 is 9.90 Å². The van der Waals surface area contributed by atoms with Gasteiger partial charge in [-0.15, -0.1) is 11.8 Å². The molecule has 1 aromatic heterocycles. The lowest BCUT2D eigenvalue weighted by Crippen LogP contribution is -2.01. The van der Waals surface area contributed by atoms with Crippen LogP contribution in [0.3, 0.4) is 0 Å². The Hall–Kier alpha value is -0.970. The van der Waals surface area contributed by atoms with E-state index >= 15 is 0 Å². The summed E-state index contributed by atoms with van der Waals surface area (Å²) in [5.41, 5.74) is 2.13. The summed E-state index contributed by atoms with van der Waals surface area (Å²) in [7, 11) is 1.88. The van der Waals surface area contributed by atoms with E-state index in [2.05, 4.69) is 12.0 Å². The van der Waals surface area contributed by atoms with Crippen LogP contribution in [-0.2, 0) is 24.0 Å². The molecule has 0 radical (unpaired) electrons. The van der Waals surface area contributed by atoms with Gasteiger partial charge < -0.3 is 5.11 Å². The quantitative estimate of drug-likeness (QED) is 0.802. The summed E-state index contributed by atoms with van der Waals surface area (Å²) in [4.78, 5) is 10.3. The summed E-state index contributed by atoms with van der Waals surface area (Å²) in [6.45, 7) is 2.05. The van der Waals surface area contributed by atoms with Crippen LogP contribution in [0, 0.1) is 0 Å². The Balaban J connectivity index is 2.49. The van der Waals surface area contributed by atoms with Crippen LogP contribution in [0.15, 0.2) is 6.07 Å². The van der Waals surface area contributed by atoms with Crippen LogP contribution >= 0.6 is 11.8 Å². The van der Waals surface area contributed by atoms with Crippen molar-refractivity contribution in [1.29, 1.82) is 0 Å². The summed E-state index contributed by atoms with van der Waals surface area (Å²) in [5, 5.41) is 12.8. The smallest absolute Gasteiger partial charge is 0.313 e. The number of carbonyl (C=O) groups is 1. The fourth-order valence-electron chi connectivity index (χ4n) is 1.12. The number of rotatable bonds is 5. The zero-order valence-electron chi connectivity index (χ0n) is 8.36. The van der Waals surface area contributed by atoms with Gasteiger partial charge in [-0.1, -0.05) is 6.92 Å². The van der Waals surface area contributed by atoms with E-state index in [1.165, 1.54) is 11.8 Å². The van der Waals surface area contributed by atoms with Gasteiger partial charge in [0.15, 0.2) is 0 Å². The predicted molar refractivity (Wildman–Crippen MR) is 56.4 cm³/mol. The summed E-state index contributed by atoms with van der Waals surface area (Å²) in [6.07, 6.45) is 0.914. The van der Waals surface area contributed by atoms with Crippen LogP contribution in [0.4, 0.5) is 0 Å². The first kappa shape index (κ1) is 11.1. The van der Waals surface area contributed by atoms with Crippen molar-refractivity contribution in [1.82, 2.24) is 9.78 Å². The first-order valence-corrected chi connectivity index (χ1v) is 5.60. The van der Waals surface area contributed by atoms with Crippen LogP contribution in [0.5, 0.6) is 0 Å². The molecule has 0 aliphatic carbocycles. The van der Waals surface area contributed by atoms with Crippen molar-refractivity contribution in [3.05, 3.63) is 17.5 Å². The van der Waals surface area contributed by atoms with Crippen molar-refractivity contribution >= 4 is 17.7 Å². The average molecular weight is 214 g/mol. The molecule has 5 heteroatoms. The monoisotopic (exact) mass is 214 g/mol. The molecule has 1 rings (SSSR count). The Morgan fingerprint density at radius 2 is 2.43 bits per heavy atom. The van der Waals surface area contributed by atoms with Gasteiger partial charge in [-0.05, 0) is 12.5 Å². The maximum atomic E-state index is 10.3. The molecule has 0 saturated heterocycles. The van der Waals surface area contributed by atoms with Gasteiger partial charge in [-0.25, -0.2) is 0 Å². The van der Waals surface area contributed by atoms with Crippen molar-refractivity contribution in [3.8, 4) is 0 Å². The number of nitrogens with zero attached hydrogens (tertiary/aromatic N) is 2. The number of aromatic nitrogens is 2. The van der Waals surface area contributed by atoms with Crippen molar-refractivity contribution in [2.24, 2.45) is 7.05 Å². The van der Waals surface area contributed by atoms with Gasteiger partial charge in [0.1, 0.15) is 0 Å². The van der Waals surface area contributed by atoms with Crippen LogP contribution in [-0.4, -0.2) is 26.6 Å². The van der Waals surface area contributed by atoms with E-state index in [9.17, 15) is 4.79 Å². The minimum Gasteiger partial charge on any atom is -0.481 e. The van der Waals surface area contributed by atoms with E-state index in [1.54, 1.807) is 0 Å². The van der Waals surface area contributed by atoms with Gasteiger partial charge in [0.05, 0.1) is 11.4 Å². The normalized spacial score (nSPS) is 10.4. The Labute approximate surface area is 87.3 Å². The molecule has 1 aromatic rings. The molecule has 0 aromatic carbocycles. The predicted octanol–water partition coefficient (Wildman–Crippen LogP) is 1.30. The standard InChI is InChI=1S/C9H14N2O2S/c1-3-7-4-8(11(2)10-7)5-14-6-9(12)13/h4H,3,5-6H2,1-2H3,(H,12,13). The molecule has 0 atom stereocenters. The van der Waals surface area contributed by atoms with E-state index in [4.69, 9.17) is 5.11 Å². The van der Waals surface area contributed by atoms with Crippen molar-refractivity contribution in [3.63, 3.8) is 0 Å². The summed E-state index contributed by atoms with van der Waals surface area (Å²) in [6, 6.07) is 2.02. The molecule has 1 heterocycles. The number of carboxylic acids is 1. The third-order valence-electron chi connectivity index (χ3n) is 1.87. The lowest BCUT2D eigenvalue weighted by molar-refractivity contribution is -0.133. The summed E-state index contributed by atoms with van der Waals surface area (Å²) in [5.74, 6) is 0.0792. The van der Waals surface area contributed by atoms with Crippen molar-refractivity contribution in [2.45, 2.75) is 19.1 Å². The zero-order chi connectivity index (χ0) is 10.6. The molecule has 78 valence electrons. The van der Waals surface area contributed by atoms with E-state index in [0.29, 0.717) is 5.75 Å². The SMILES string of the molecule is CCc1cc(CSCC(=O)O)n(C)n1. The number of aliphatic carboxylic acids is 1. The van der Waals surface area contributed by atoms with Gasteiger partial charge >= 0.3 is 5.97 Å². The van der Waals surface area contributed by atoms with Gasteiger partial charge in [0.25, 0.3) is 0 Å². The van der Waals surface area contributed by atoms with Gasteiger partial charge in [0.2, 0.25) is 0 Å². The first-order chi connectivity index (χ1) is 6.63. The number of aryl methyl sites for hydroxylation is 2. The second-order valence-corrected chi connectivity index (χ2v) is 3.98. The molecule has 1 N–H and O–H groups in total. The molecule has 4 nitrogen and oxygen atoms in total. The number of thioether (sulfide) groups is 1. The third-order valence-corrected chi connectivity index (χ3v) is 2.82. The number of hydrogen-bond acceptors (Lipinski definition) is 3. The highest BCUT2D eigenvalue weighted by Crippen LogP contribution is 2.12. The molecule has 0 saturated carbocycles. The molecular formula is C9H14N2O2S. The molecule has 0 spiro atoms. The zero-order valence-corrected chi connectivity index (χ0v) is 9.17. The third kappa shape index (κ3) is 3.06. The molecule has 0 unspecified atom stereocenters. The molecule has 0 fully saturated rings. The van der Waals surface area contributed by atoms with E-state index in [1.807, 2.05) is 17.8 Å². The van der Waals surface area contributed by atoms with Crippen LogP contribution in [0.1, 0.15) is 18.3 Å². The highest BCUT2D eigenvalue weighted by Gasteiger charge is 2.04. The molecule has 0 amide bonds. The summed E-state index contributed by atoms with van der Waals surface area (Å²) < 4.78 is 1.81. The minimum absolute atomic E-state index is 0.145. The Morgan fingerprint density at radius 1 is 1.71 bits per heavy atom. The fraction of sp³-hybridized carbons (Fsp3) is 0.556. The van der Waals surface area contributed by atoms with Crippen LogP contribution in [0.2, 0.25) is 0 Å². The first-order valence-electron chi connectivity index (χ1n) is 4.44. The largest absolute Gasteiger partial charge is 0.481 e. The van der Waals surface area contributed by atoms with Gasteiger partial charge in [0, 0.05) is 18.5 Å². The molecule has 0 aliphatic rings. The van der Waals surface area contributed by atoms with Crippen LogP contribution < -0.4 is 0 Å². The maximum Gasteiger partial charge on any atom is 0.313 e. The molecular weight excluding hydrogens is 200 g/mol. The second-order valence-electron chi connectivity index (χ2n) is 2.99. The Morgan fingerprint density at radius 3 is 2.93 bits per heavy atom. The topological polar surface area (TPSA) is 55.1 Å². The lowest BCUT2D eigenvalue weighted by atomic mass is 10.3. The van der Waals surface area contributed by atoms with Gasteiger partial charge in [-0.3, -0.25) is 9.48 Å².